The average molecular weight is 966 g/mol. The fraction of sp³-hybridized carbons (Fsp3) is 1.00. The van der Waals surface area contributed by atoms with E-state index >= 15 is 0 Å². The zero-order valence-corrected chi connectivity index (χ0v) is 17.8. The van der Waals surface area contributed by atoms with Crippen molar-refractivity contribution in [1.82, 2.24) is 0 Å². The lowest BCUT2D eigenvalue weighted by Crippen LogP contribution is -2.18. The molecule has 460 valence electrons. The molecule has 0 heteroatoms. The smallest absolute Gasteiger partial charge is 0.0388 e. The van der Waals surface area contributed by atoms with Crippen LogP contribution in [0.15, 0.2) is 0 Å². The van der Waals surface area contributed by atoms with E-state index in [1.54, 1.807) is 0 Å². The molecular formula is C63H208. The van der Waals surface area contributed by atoms with Gasteiger partial charge in [-0.25, -0.2) is 0 Å². The largest absolute Gasteiger partial charge is 0.0776 e. The predicted octanol–water partition coefficient (Wildman–Crippen LogP) is 33.8. The summed E-state index contributed by atoms with van der Waals surface area (Å²) < 4.78 is 0. The zero-order chi connectivity index (χ0) is 17.8. The highest BCUT2D eigenvalue weighted by Crippen LogP contribution is 2.32. The maximum atomic E-state index is 2.45. The standard InChI is InChI=1S/C23H48.40CH4/c1-18(2)13-9-11-15-22(20(5)6)17-23(21(7)8)16-12-10-14-19(3)4;;;;;;;;;;;;;;;;;;;;;;;;;;;;;;;;;;;;;;;;/h18-23H,9-17H2,1-8H3;40*1H4. The minimum atomic E-state index is 0. The van der Waals surface area contributed by atoms with Crippen LogP contribution in [-0.2, 0) is 0 Å². The van der Waals surface area contributed by atoms with E-state index in [9.17, 15) is 0 Å². The van der Waals surface area contributed by atoms with Crippen molar-refractivity contribution in [2.45, 2.75) is 410 Å². The maximum absolute atomic E-state index is 2.45. The summed E-state index contributed by atoms with van der Waals surface area (Å²) in [5.74, 6) is 5.34. The second kappa shape index (κ2) is 316. The van der Waals surface area contributed by atoms with E-state index in [0.29, 0.717) is 0 Å². The fourth-order valence-corrected chi connectivity index (χ4v) is 3.75. The lowest BCUT2D eigenvalue weighted by Gasteiger charge is -2.29. The topological polar surface area (TPSA) is 0 Å². The third-order valence-electron chi connectivity index (χ3n) is 5.70. The molecule has 0 N–H and O–H groups in total. The number of rotatable bonds is 14. The molecule has 0 radical (unpaired) electrons. The van der Waals surface area contributed by atoms with Crippen LogP contribution in [0.25, 0.3) is 0 Å². The van der Waals surface area contributed by atoms with Crippen LogP contribution in [-0.4, -0.2) is 0 Å². The highest BCUT2D eigenvalue weighted by Gasteiger charge is 2.21. The summed E-state index contributed by atoms with van der Waals surface area (Å²) in [5, 5.41) is 0. The van der Waals surface area contributed by atoms with E-state index in [1.807, 2.05) is 0 Å². The van der Waals surface area contributed by atoms with Crippen LogP contribution in [0.2, 0.25) is 0 Å². The molecule has 2 unspecified atom stereocenters. The third-order valence-corrected chi connectivity index (χ3v) is 5.70. The summed E-state index contributed by atoms with van der Waals surface area (Å²) in [6.07, 6.45) is 13.0. The van der Waals surface area contributed by atoms with E-state index in [4.69, 9.17) is 0 Å². The van der Waals surface area contributed by atoms with Crippen LogP contribution in [0.5, 0.6) is 0 Å². The van der Waals surface area contributed by atoms with Gasteiger partial charge in [-0.1, -0.05) is 404 Å². The molecule has 0 heterocycles. The molecule has 2 atom stereocenters. The van der Waals surface area contributed by atoms with Gasteiger partial charge in [-0.05, 0) is 41.9 Å². The van der Waals surface area contributed by atoms with Crippen molar-refractivity contribution < 1.29 is 0 Å². The summed E-state index contributed by atoms with van der Waals surface area (Å²) in [6.45, 7) is 19.2. The number of hydrogen-bond acceptors (Lipinski definition) is 0. The summed E-state index contributed by atoms with van der Waals surface area (Å²) in [4.78, 5) is 0. The van der Waals surface area contributed by atoms with Gasteiger partial charge >= 0.3 is 0 Å². The van der Waals surface area contributed by atoms with Gasteiger partial charge in [0.05, 0.1) is 0 Å². The molecule has 0 fully saturated rings. The average Bonchev–Trinajstić information content (AvgIpc) is 2.43. The van der Waals surface area contributed by atoms with Gasteiger partial charge in [-0.15, -0.1) is 0 Å². The van der Waals surface area contributed by atoms with Crippen molar-refractivity contribution in [3.8, 4) is 0 Å². The first-order chi connectivity index (χ1) is 10.7. The molecule has 0 saturated carbocycles. The molecule has 0 nitrogen and oxygen atoms in total. The van der Waals surface area contributed by atoms with Gasteiger partial charge in [-0.3, -0.25) is 0 Å². The highest BCUT2D eigenvalue weighted by molar-refractivity contribution is 4.72. The SMILES string of the molecule is C.C.C.C.C.C.C.C.C.C.C.C.C.C.C.C.C.C.C.C.C.C.C.C.C.C.C.C.C.C.C.C.C.C.C.C.C.C.C.C.CC(C)CCCCC(CC(CCCCC(C)C)C(C)C)C(C)C. The van der Waals surface area contributed by atoms with Crippen molar-refractivity contribution in [2.24, 2.45) is 35.5 Å². The molecular weight excluding hydrogens is 757 g/mol. The van der Waals surface area contributed by atoms with Crippen molar-refractivity contribution in [1.29, 1.82) is 0 Å². The molecule has 0 rings (SSSR count). The van der Waals surface area contributed by atoms with E-state index in [-0.39, 0.29) is 297 Å². The molecule has 0 spiro atoms. The molecule has 0 aromatic carbocycles. The fourth-order valence-electron chi connectivity index (χ4n) is 3.75. The molecule has 0 aliphatic heterocycles. The van der Waals surface area contributed by atoms with Crippen LogP contribution < -0.4 is 0 Å². The zero-order valence-electron chi connectivity index (χ0n) is 17.8. The minimum absolute atomic E-state index is 0. The number of hydrogen-bond donors (Lipinski definition) is 0. The Bertz CT molecular complexity index is 223. The Morgan fingerprint density at radius 1 is 0.175 bits per heavy atom. The third kappa shape index (κ3) is 330. The lowest BCUT2D eigenvalue weighted by molar-refractivity contribution is 0.220. The van der Waals surface area contributed by atoms with Gasteiger partial charge in [0.2, 0.25) is 0 Å². The van der Waals surface area contributed by atoms with E-state index in [0.717, 1.165) is 35.5 Å². The summed E-state index contributed by atoms with van der Waals surface area (Å²) in [7, 11) is 0. The molecule has 0 saturated heterocycles. The van der Waals surface area contributed by atoms with Crippen molar-refractivity contribution in [3.05, 3.63) is 0 Å². The van der Waals surface area contributed by atoms with Crippen LogP contribution in [0.3, 0.4) is 0 Å². The quantitative estimate of drug-likeness (QED) is 0.152. The molecule has 0 aromatic rings. The summed E-state index contributed by atoms with van der Waals surface area (Å²) >= 11 is 0. The van der Waals surface area contributed by atoms with Gasteiger partial charge < -0.3 is 0 Å². The number of unbranched alkanes of at least 4 members (excludes halogenated alkanes) is 2. The van der Waals surface area contributed by atoms with Crippen LogP contribution in [0.1, 0.15) is 410 Å². The molecule has 63 heavy (non-hydrogen) atoms. The van der Waals surface area contributed by atoms with Crippen molar-refractivity contribution >= 4 is 0 Å². The molecule has 0 bridgehead atoms. The predicted molar refractivity (Wildman–Crippen MR) is 377 cm³/mol. The first-order valence-corrected chi connectivity index (χ1v) is 10.7. The Hall–Kier alpha value is 0. The van der Waals surface area contributed by atoms with E-state index in [2.05, 4.69) is 55.4 Å². The minimum Gasteiger partial charge on any atom is -0.0776 e. The summed E-state index contributed by atoms with van der Waals surface area (Å²) in [6, 6.07) is 0. The van der Waals surface area contributed by atoms with Crippen LogP contribution in [0.4, 0.5) is 0 Å². The van der Waals surface area contributed by atoms with Crippen molar-refractivity contribution in [3.63, 3.8) is 0 Å². The maximum Gasteiger partial charge on any atom is -0.0388 e. The van der Waals surface area contributed by atoms with Gasteiger partial charge in [0, 0.05) is 0 Å². The Kier molecular flexibility index (Phi) is 2510. The summed E-state index contributed by atoms with van der Waals surface area (Å²) in [5.41, 5.74) is 0. The van der Waals surface area contributed by atoms with E-state index < -0.39 is 0 Å². The van der Waals surface area contributed by atoms with Gasteiger partial charge in [-0.2, -0.15) is 0 Å². The molecule has 0 amide bonds. The van der Waals surface area contributed by atoms with Crippen molar-refractivity contribution in [2.75, 3.05) is 0 Å². The molecule has 0 aliphatic carbocycles. The lowest BCUT2D eigenvalue weighted by atomic mass is 9.77. The normalized spacial score (nSPS) is 5.52. The molecule has 0 aromatic heterocycles. The van der Waals surface area contributed by atoms with Gasteiger partial charge in [0.15, 0.2) is 0 Å². The first-order valence-electron chi connectivity index (χ1n) is 10.7. The Balaban J connectivity index is -0.00000000310. The van der Waals surface area contributed by atoms with Gasteiger partial charge in [0.25, 0.3) is 0 Å². The second-order valence-corrected chi connectivity index (χ2v) is 9.60. The first kappa shape index (κ1) is 500. The van der Waals surface area contributed by atoms with Crippen LogP contribution >= 0.6 is 0 Å². The Labute approximate surface area is 444 Å². The Morgan fingerprint density at radius 3 is 0.381 bits per heavy atom. The van der Waals surface area contributed by atoms with Gasteiger partial charge in [0.1, 0.15) is 0 Å². The van der Waals surface area contributed by atoms with Crippen LogP contribution in [0, 0.1) is 35.5 Å². The highest BCUT2D eigenvalue weighted by atomic mass is 14.3. The van der Waals surface area contributed by atoms with E-state index in [1.165, 1.54) is 57.8 Å². The monoisotopic (exact) mass is 966 g/mol. The molecule has 0 aliphatic rings. The second-order valence-electron chi connectivity index (χ2n) is 9.60. The Morgan fingerprint density at radius 2 is 0.286 bits per heavy atom.